The molecule has 1 aliphatic rings. The number of fused-ring (bicyclic) bond motifs is 2. The first-order valence-electron chi connectivity index (χ1n) is 10.7. The second kappa shape index (κ2) is 8.77. The molecule has 0 aromatic heterocycles. The molecule has 0 saturated heterocycles. The van der Waals surface area contributed by atoms with Gasteiger partial charge in [0.15, 0.2) is 0 Å². The zero-order chi connectivity index (χ0) is 25.5. The van der Waals surface area contributed by atoms with E-state index in [1.165, 1.54) is 42.5 Å². The summed E-state index contributed by atoms with van der Waals surface area (Å²) in [6.07, 6.45) is 0. The summed E-state index contributed by atoms with van der Waals surface area (Å²) in [6.45, 7) is -0.710. The Kier molecular flexibility index (Phi) is 5.73. The van der Waals surface area contributed by atoms with Gasteiger partial charge in [0.05, 0.1) is 16.1 Å². The molecular weight excluding hydrogens is 502 g/mol. The lowest BCUT2D eigenvalue weighted by Crippen LogP contribution is -2.37. The largest absolute Gasteiger partial charge is 0.325 e. The highest BCUT2D eigenvalue weighted by Crippen LogP contribution is 2.30. The molecule has 1 heterocycles. The first-order valence-corrected chi connectivity index (χ1v) is 13.7. The van der Waals surface area contributed by atoms with Crippen LogP contribution in [0.15, 0.2) is 101 Å². The molecule has 0 saturated carbocycles. The van der Waals surface area contributed by atoms with Crippen molar-refractivity contribution in [2.75, 3.05) is 16.6 Å². The monoisotopic (exact) mass is 521 g/mol. The Bertz CT molecular complexity index is 1730. The van der Waals surface area contributed by atoms with Crippen LogP contribution in [0.3, 0.4) is 0 Å². The summed E-state index contributed by atoms with van der Waals surface area (Å²) in [6, 6.07) is 23.8. The van der Waals surface area contributed by atoms with Crippen molar-refractivity contribution in [1.82, 2.24) is 4.31 Å². The van der Waals surface area contributed by atoms with Crippen molar-refractivity contribution in [3.05, 3.63) is 96.6 Å². The molecule has 5 rings (SSSR count). The van der Waals surface area contributed by atoms with Gasteiger partial charge in [-0.25, -0.2) is 21.1 Å². The molecular formula is C25H19N3O6S2. The minimum Gasteiger partial charge on any atom is -0.325 e. The summed E-state index contributed by atoms with van der Waals surface area (Å²) in [5, 5.41) is 4.13. The highest BCUT2D eigenvalue weighted by Gasteiger charge is 2.41. The lowest BCUT2D eigenvalue weighted by molar-refractivity contribution is -0.116. The minimum atomic E-state index is -4.12. The molecule has 0 unspecified atom stereocenters. The van der Waals surface area contributed by atoms with Crippen LogP contribution in [0, 0.1) is 0 Å². The maximum atomic E-state index is 12.9. The number of carbonyl (C=O) groups excluding carboxylic acids is 2. The van der Waals surface area contributed by atoms with Crippen molar-refractivity contribution in [3.63, 3.8) is 0 Å². The maximum Gasteiger partial charge on any atom is 0.269 e. The third kappa shape index (κ3) is 4.18. The molecule has 4 aromatic rings. The van der Waals surface area contributed by atoms with Crippen molar-refractivity contribution in [2.45, 2.75) is 9.79 Å². The zero-order valence-electron chi connectivity index (χ0n) is 18.6. The molecule has 0 radical (unpaired) electrons. The molecule has 2 amide bonds. The van der Waals surface area contributed by atoms with Crippen molar-refractivity contribution in [1.29, 1.82) is 0 Å². The Morgan fingerprint density at radius 1 is 0.833 bits per heavy atom. The number of nitrogens with one attached hydrogen (secondary N) is 2. The summed E-state index contributed by atoms with van der Waals surface area (Å²) in [4.78, 5) is 24.8. The number of rotatable bonds is 6. The fourth-order valence-electron chi connectivity index (χ4n) is 3.95. The molecule has 0 atom stereocenters. The van der Waals surface area contributed by atoms with E-state index in [2.05, 4.69) is 10.0 Å². The van der Waals surface area contributed by atoms with E-state index in [-0.39, 0.29) is 21.0 Å². The van der Waals surface area contributed by atoms with E-state index in [0.29, 0.717) is 9.99 Å². The quantitative estimate of drug-likeness (QED) is 0.400. The van der Waals surface area contributed by atoms with Crippen molar-refractivity contribution >= 4 is 54.0 Å². The van der Waals surface area contributed by atoms with Gasteiger partial charge >= 0.3 is 0 Å². The van der Waals surface area contributed by atoms with E-state index in [9.17, 15) is 26.4 Å². The van der Waals surface area contributed by atoms with Gasteiger partial charge < -0.3 is 5.32 Å². The minimum absolute atomic E-state index is 0.0126. The van der Waals surface area contributed by atoms with Gasteiger partial charge in [0, 0.05) is 11.1 Å². The van der Waals surface area contributed by atoms with Crippen LogP contribution in [-0.2, 0) is 24.8 Å². The Morgan fingerprint density at radius 3 is 2.25 bits per heavy atom. The summed E-state index contributed by atoms with van der Waals surface area (Å²) in [5.41, 5.74) is 0.687. The number of nitrogens with zero attached hydrogens (tertiary/aromatic N) is 1. The Morgan fingerprint density at radius 2 is 1.50 bits per heavy atom. The topological polar surface area (TPSA) is 130 Å². The number of sulfonamides is 2. The van der Waals surface area contributed by atoms with Gasteiger partial charge in [-0.15, -0.1) is 0 Å². The first-order chi connectivity index (χ1) is 17.2. The number of hydrogen-bond donors (Lipinski definition) is 2. The highest BCUT2D eigenvalue weighted by molar-refractivity contribution is 7.92. The molecule has 182 valence electrons. The summed E-state index contributed by atoms with van der Waals surface area (Å²) in [5.74, 6) is -1.52. The molecule has 0 spiro atoms. The third-order valence-electron chi connectivity index (χ3n) is 5.68. The van der Waals surface area contributed by atoms with Crippen LogP contribution in [0.4, 0.5) is 11.4 Å². The second-order valence-electron chi connectivity index (χ2n) is 8.02. The average molecular weight is 522 g/mol. The van der Waals surface area contributed by atoms with Crippen LogP contribution >= 0.6 is 0 Å². The normalized spacial score (nSPS) is 14.4. The predicted octanol–water partition coefficient (Wildman–Crippen LogP) is 3.42. The van der Waals surface area contributed by atoms with E-state index in [0.717, 1.165) is 10.8 Å². The molecule has 36 heavy (non-hydrogen) atoms. The number of carbonyl (C=O) groups is 2. The van der Waals surface area contributed by atoms with Crippen molar-refractivity contribution < 1.29 is 26.4 Å². The highest BCUT2D eigenvalue weighted by atomic mass is 32.2. The smallest absolute Gasteiger partial charge is 0.269 e. The van der Waals surface area contributed by atoms with Crippen LogP contribution < -0.4 is 10.0 Å². The molecule has 4 aromatic carbocycles. The van der Waals surface area contributed by atoms with Gasteiger partial charge in [0.2, 0.25) is 5.91 Å². The number of anilines is 2. The van der Waals surface area contributed by atoms with Gasteiger partial charge in [0.1, 0.15) is 11.4 Å². The number of hydrogen-bond acceptors (Lipinski definition) is 6. The Labute approximate surface area is 207 Å². The van der Waals surface area contributed by atoms with E-state index >= 15 is 0 Å². The van der Waals surface area contributed by atoms with Crippen molar-refractivity contribution in [2.24, 2.45) is 0 Å². The standard InChI is InChI=1S/C25H19N3O6S2/c29-24(16-28-25(30)21-9-3-4-11-23(21)36(28,33)34)26-18-12-14-19(15-13-18)35(31,32)27-22-10-5-7-17-6-1-2-8-20(17)22/h1-15,27H,16H2,(H,26,29). The lowest BCUT2D eigenvalue weighted by Gasteiger charge is -2.15. The van der Waals surface area contributed by atoms with Gasteiger partial charge in [-0.05, 0) is 47.9 Å². The van der Waals surface area contributed by atoms with Crippen LogP contribution in [0.2, 0.25) is 0 Å². The summed E-state index contributed by atoms with van der Waals surface area (Å²) < 4.78 is 54.2. The van der Waals surface area contributed by atoms with E-state index < -0.39 is 38.4 Å². The van der Waals surface area contributed by atoms with Gasteiger partial charge in [-0.3, -0.25) is 14.3 Å². The molecule has 1 aliphatic heterocycles. The lowest BCUT2D eigenvalue weighted by atomic mass is 10.1. The van der Waals surface area contributed by atoms with Crippen LogP contribution in [0.5, 0.6) is 0 Å². The SMILES string of the molecule is O=C(CN1C(=O)c2ccccc2S1(=O)=O)Nc1ccc(S(=O)(=O)Nc2cccc3ccccc23)cc1. The average Bonchev–Trinajstić information content (AvgIpc) is 3.05. The Balaban J connectivity index is 1.29. The van der Waals surface area contributed by atoms with E-state index in [1.54, 1.807) is 18.2 Å². The van der Waals surface area contributed by atoms with Gasteiger partial charge in [-0.2, -0.15) is 0 Å². The van der Waals surface area contributed by atoms with Crippen molar-refractivity contribution in [3.8, 4) is 0 Å². The summed E-state index contributed by atoms with van der Waals surface area (Å²) in [7, 11) is -8.04. The maximum absolute atomic E-state index is 12.9. The Hall–Kier alpha value is -4.22. The van der Waals surface area contributed by atoms with Crippen LogP contribution in [0.1, 0.15) is 10.4 Å². The molecule has 0 aliphatic carbocycles. The van der Waals surface area contributed by atoms with Crippen LogP contribution in [-0.4, -0.2) is 39.5 Å². The van der Waals surface area contributed by atoms with Gasteiger partial charge in [0.25, 0.3) is 26.0 Å². The number of benzene rings is 4. The first kappa shape index (κ1) is 23.5. The predicted molar refractivity (Wildman–Crippen MR) is 134 cm³/mol. The second-order valence-corrected chi connectivity index (χ2v) is 11.5. The fraction of sp³-hybridized carbons (Fsp3) is 0.0400. The van der Waals surface area contributed by atoms with Crippen LogP contribution in [0.25, 0.3) is 10.8 Å². The number of amides is 2. The third-order valence-corrected chi connectivity index (χ3v) is 8.85. The molecule has 0 fully saturated rings. The molecule has 0 bridgehead atoms. The van der Waals surface area contributed by atoms with E-state index in [1.807, 2.05) is 30.3 Å². The summed E-state index contributed by atoms with van der Waals surface area (Å²) >= 11 is 0. The zero-order valence-corrected chi connectivity index (χ0v) is 20.2. The molecule has 9 nitrogen and oxygen atoms in total. The fourth-order valence-corrected chi connectivity index (χ4v) is 6.56. The molecule has 11 heteroatoms. The van der Waals surface area contributed by atoms with Gasteiger partial charge in [-0.1, -0.05) is 48.5 Å². The van der Waals surface area contributed by atoms with E-state index in [4.69, 9.17) is 0 Å². The molecule has 2 N–H and O–H groups in total.